The van der Waals surface area contributed by atoms with Gasteiger partial charge in [-0.2, -0.15) is 0 Å². The number of carbonyl (C=O) groups is 2. The number of ketones is 2. The molecular formula is C21H30O6. The molecule has 4 N–H and O–H groups in total. The Bertz CT molecular complexity index is 886. The van der Waals surface area contributed by atoms with Gasteiger partial charge in [0.05, 0.1) is 12.2 Å². The van der Waals surface area contributed by atoms with Gasteiger partial charge in [-0.1, -0.05) is 13.8 Å². The molecule has 0 aromatic rings. The molecule has 8 atom stereocenters. The molecule has 4 aliphatic rings. The zero-order valence-corrected chi connectivity index (χ0v) is 15.3. The molecule has 0 saturated heterocycles. The van der Waals surface area contributed by atoms with Crippen LogP contribution >= 0.6 is 0 Å². The summed E-state index contributed by atoms with van der Waals surface area (Å²) in [5.41, 5.74) is -5.56. The summed E-state index contributed by atoms with van der Waals surface area (Å²) in [6.45, 7) is -2.21. The summed E-state index contributed by atoms with van der Waals surface area (Å²) in [6.07, 6.45) is -4.85. The van der Waals surface area contributed by atoms with Gasteiger partial charge in [0.1, 0.15) is 12.2 Å². The molecule has 27 heavy (non-hydrogen) atoms. The first kappa shape index (κ1) is 14.0. The van der Waals surface area contributed by atoms with Crippen molar-refractivity contribution in [3.63, 3.8) is 0 Å². The number of rotatable bonds is 2. The third-order valence-electron chi connectivity index (χ3n) is 7.88. The van der Waals surface area contributed by atoms with E-state index in [-0.39, 0.29) is 24.8 Å². The van der Waals surface area contributed by atoms with Crippen molar-refractivity contribution in [2.45, 2.75) is 70.1 Å². The predicted molar refractivity (Wildman–Crippen MR) is 96.5 cm³/mol. The Morgan fingerprint density at radius 2 is 2.19 bits per heavy atom. The Morgan fingerprint density at radius 3 is 2.85 bits per heavy atom. The summed E-state index contributed by atoms with van der Waals surface area (Å²) < 4.78 is 42.5. The van der Waals surface area contributed by atoms with E-state index in [0.717, 1.165) is 6.08 Å². The van der Waals surface area contributed by atoms with E-state index in [2.05, 4.69) is 0 Å². The number of aliphatic hydroxyl groups excluding tert-OH is 3. The Labute approximate surface area is 166 Å². The fourth-order valence-electron chi connectivity index (χ4n) is 6.61. The van der Waals surface area contributed by atoms with Gasteiger partial charge in [0.25, 0.3) is 0 Å². The maximum Gasteiger partial charge on any atom is 0.190 e. The number of aliphatic hydroxyl groups is 4. The molecule has 0 unspecified atom stereocenters. The van der Waals surface area contributed by atoms with Crippen LogP contribution in [0.5, 0.6) is 0 Å². The topological polar surface area (TPSA) is 115 Å². The van der Waals surface area contributed by atoms with E-state index >= 15 is 0 Å². The van der Waals surface area contributed by atoms with Crippen molar-refractivity contribution in [3.8, 4) is 0 Å². The first-order chi connectivity index (χ1) is 14.6. The molecule has 3 fully saturated rings. The van der Waals surface area contributed by atoms with Crippen LogP contribution in [0.4, 0.5) is 0 Å². The van der Waals surface area contributed by atoms with Gasteiger partial charge < -0.3 is 20.4 Å². The van der Waals surface area contributed by atoms with Gasteiger partial charge in [-0.05, 0) is 66.9 Å². The second kappa shape index (κ2) is 5.96. The molecule has 6 nitrogen and oxygen atoms in total. The molecule has 6 heteroatoms. The van der Waals surface area contributed by atoms with Crippen molar-refractivity contribution >= 4 is 11.6 Å². The number of hydrogen-bond acceptors (Lipinski definition) is 6. The number of fused-ring (bicyclic) bond motifs is 5. The lowest BCUT2D eigenvalue weighted by Crippen LogP contribution is -2.63. The average molecular weight is 383 g/mol. The van der Waals surface area contributed by atoms with Crippen LogP contribution in [0.25, 0.3) is 0 Å². The molecule has 0 bridgehead atoms. The van der Waals surface area contributed by atoms with Gasteiger partial charge in [-0.25, -0.2) is 0 Å². The van der Waals surface area contributed by atoms with Crippen LogP contribution in [0.1, 0.15) is 59.1 Å². The van der Waals surface area contributed by atoms with Crippen LogP contribution in [0.2, 0.25) is 0 Å². The second-order valence-electron chi connectivity index (χ2n) is 8.94. The second-order valence-corrected chi connectivity index (χ2v) is 8.94. The largest absolute Gasteiger partial charge is 0.393 e. The molecule has 0 aromatic carbocycles. The molecule has 4 aliphatic carbocycles. The van der Waals surface area contributed by atoms with Crippen molar-refractivity contribution < 1.29 is 36.9 Å². The van der Waals surface area contributed by atoms with Crippen molar-refractivity contribution in [2.75, 3.05) is 6.61 Å². The van der Waals surface area contributed by atoms with Crippen LogP contribution in [0.3, 0.4) is 0 Å². The quantitative estimate of drug-likeness (QED) is 0.559. The molecule has 150 valence electrons. The summed E-state index contributed by atoms with van der Waals surface area (Å²) in [5, 5.41) is 43.1. The zero-order valence-electron chi connectivity index (χ0n) is 20.3. The van der Waals surface area contributed by atoms with Crippen LogP contribution in [0, 0.1) is 28.6 Å². The van der Waals surface area contributed by atoms with Crippen LogP contribution in [-0.2, 0) is 9.59 Å². The summed E-state index contributed by atoms with van der Waals surface area (Å²) >= 11 is 0. The minimum absolute atomic E-state index is 0.0155. The minimum Gasteiger partial charge on any atom is -0.393 e. The lowest BCUT2D eigenvalue weighted by Gasteiger charge is -2.61. The van der Waals surface area contributed by atoms with Crippen LogP contribution in [0.15, 0.2) is 11.6 Å². The van der Waals surface area contributed by atoms with E-state index in [9.17, 15) is 30.0 Å². The van der Waals surface area contributed by atoms with Crippen LogP contribution < -0.4 is 0 Å². The molecule has 0 radical (unpaired) electrons. The van der Waals surface area contributed by atoms with Gasteiger partial charge in [0.15, 0.2) is 11.6 Å². The lowest BCUT2D eigenvalue weighted by molar-refractivity contribution is -0.187. The van der Waals surface area contributed by atoms with E-state index in [1.807, 2.05) is 0 Å². The van der Waals surface area contributed by atoms with E-state index in [1.165, 1.54) is 0 Å². The average Bonchev–Trinajstić information content (AvgIpc) is 2.91. The molecule has 0 heterocycles. The van der Waals surface area contributed by atoms with Crippen molar-refractivity contribution in [1.29, 1.82) is 0 Å². The van der Waals surface area contributed by atoms with Gasteiger partial charge in [-0.15, -0.1) is 0 Å². The zero-order chi connectivity index (χ0) is 24.1. The Hall–Kier alpha value is -1.08. The number of hydrogen-bond donors (Lipinski definition) is 4. The first-order valence-electron chi connectivity index (χ1n) is 12.1. The first-order valence-corrected chi connectivity index (χ1v) is 9.56. The highest BCUT2D eigenvalue weighted by Crippen LogP contribution is 2.67. The summed E-state index contributed by atoms with van der Waals surface area (Å²) in [7, 11) is 0. The standard InChI is InChI=1S/C21H30O6/c1-19-5-3-11(23)7-14(19)15(24)8-12-13-4-6-21(27,17(26)10-22)20(13,2)9-16(25)18(12)19/h7,12-13,15-16,18,22,24-25,27H,3-6,8-10H2,1-2H3/t12-,13-,15+,16-,18+,19-,20-,21-/m0/s1/i1D3,5D2. The normalized spacial score (nSPS) is 56.9. The highest BCUT2D eigenvalue weighted by molar-refractivity contribution is 5.92. The SMILES string of the molecule is [2H]C([2H])([2H])[C@@]12C(=CC(=O)CC1([2H])[2H])[C@H](O)C[C@@H]1[C@@H]2[C@@H](O)C[C@@]2(C)[C@H]1CC[C@]2(O)C(=O)CO. The van der Waals surface area contributed by atoms with Gasteiger partial charge in [0, 0.05) is 18.7 Å². The maximum absolute atomic E-state index is 12.5. The molecule has 0 amide bonds. The van der Waals surface area contributed by atoms with Crippen molar-refractivity contribution in [1.82, 2.24) is 0 Å². The third-order valence-corrected chi connectivity index (χ3v) is 7.88. The Balaban J connectivity index is 1.93. The molecule has 4 rings (SSSR count). The smallest absolute Gasteiger partial charge is 0.190 e. The monoisotopic (exact) mass is 383 g/mol. The third kappa shape index (κ3) is 2.33. The molecular weight excluding hydrogens is 348 g/mol. The summed E-state index contributed by atoms with van der Waals surface area (Å²) in [4.78, 5) is 24.7. The van der Waals surface area contributed by atoms with Gasteiger partial charge >= 0.3 is 0 Å². The highest BCUT2D eigenvalue weighted by atomic mass is 16.3. The molecule has 0 spiro atoms. The van der Waals surface area contributed by atoms with E-state index in [4.69, 9.17) is 6.85 Å². The van der Waals surface area contributed by atoms with E-state index in [0.29, 0.717) is 6.42 Å². The fourth-order valence-corrected chi connectivity index (χ4v) is 6.61. The number of Topliss-reactive ketones (excluding diaryl/α,β-unsaturated/α-hetero) is 1. The summed E-state index contributed by atoms with van der Waals surface area (Å²) in [5.74, 6) is -3.71. The predicted octanol–water partition coefficient (Wildman–Crippen LogP) is 0.752. The lowest BCUT2D eigenvalue weighted by atomic mass is 9.45. The van der Waals surface area contributed by atoms with Gasteiger partial charge in [-0.3, -0.25) is 9.59 Å². The molecule has 3 saturated carbocycles. The fraction of sp³-hybridized carbons (Fsp3) is 0.810. The Morgan fingerprint density at radius 1 is 1.44 bits per heavy atom. The van der Waals surface area contributed by atoms with Crippen LogP contribution in [-0.4, -0.2) is 56.4 Å². The highest BCUT2D eigenvalue weighted by Gasteiger charge is 2.68. The van der Waals surface area contributed by atoms with Crippen molar-refractivity contribution in [2.24, 2.45) is 28.6 Å². The maximum atomic E-state index is 12.5. The van der Waals surface area contributed by atoms with E-state index in [1.54, 1.807) is 6.92 Å². The minimum atomic E-state index is -2.97. The summed E-state index contributed by atoms with van der Waals surface area (Å²) in [6, 6.07) is 0. The van der Waals surface area contributed by atoms with Gasteiger partial charge in [0.2, 0.25) is 0 Å². The molecule has 0 aromatic heterocycles. The number of carbonyl (C=O) groups excluding carboxylic acids is 2. The molecule has 0 aliphatic heterocycles. The Kier molecular flexibility index (Phi) is 3.09. The van der Waals surface area contributed by atoms with E-state index < -0.39 is 84.2 Å². The van der Waals surface area contributed by atoms with Crippen molar-refractivity contribution in [3.05, 3.63) is 11.6 Å².